The number of nitrogens with zero attached hydrogens (tertiary/aromatic N) is 2. The first-order valence-electron chi connectivity index (χ1n) is 11.3. The number of hydrogen-bond acceptors (Lipinski definition) is 5. The Labute approximate surface area is 184 Å². The highest BCUT2D eigenvalue weighted by molar-refractivity contribution is 5.92. The summed E-state index contributed by atoms with van der Waals surface area (Å²) in [6.45, 7) is 6.58. The van der Waals surface area contributed by atoms with Crippen LogP contribution in [0.25, 0.3) is 0 Å². The van der Waals surface area contributed by atoms with Crippen LogP contribution in [0.1, 0.15) is 61.7 Å². The minimum atomic E-state index is -0.248. The Morgan fingerprint density at radius 3 is 2.55 bits per heavy atom. The second kappa shape index (κ2) is 9.79. The zero-order valence-electron chi connectivity index (χ0n) is 18.5. The van der Waals surface area contributed by atoms with Crippen LogP contribution in [-0.4, -0.2) is 53.8 Å². The molecule has 0 saturated carbocycles. The highest BCUT2D eigenvalue weighted by Gasteiger charge is 2.45. The minimum absolute atomic E-state index is 0.0292. The van der Waals surface area contributed by atoms with E-state index in [4.69, 9.17) is 14.2 Å². The van der Waals surface area contributed by atoms with Gasteiger partial charge in [0.2, 0.25) is 0 Å². The van der Waals surface area contributed by atoms with E-state index in [1.807, 2.05) is 24.8 Å². The molecule has 2 saturated heterocycles. The van der Waals surface area contributed by atoms with E-state index >= 15 is 0 Å². The topological polar surface area (TPSA) is 60.9 Å². The maximum absolute atomic E-state index is 12.9. The van der Waals surface area contributed by atoms with Gasteiger partial charge in [-0.2, -0.15) is 0 Å². The molecule has 3 heterocycles. The molecule has 1 aromatic carbocycles. The van der Waals surface area contributed by atoms with Crippen molar-refractivity contribution in [1.82, 2.24) is 9.88 Å². The average molecular weight is 425 g/mol. The van der Waals surface area contributed by atoms with Gasteiger partial charge in [0.25, 0.3) is 5.91 Å². The molecule has 2 aliphatic heterocycles. The normalized spacial score (nSPS) is 23.0. The molecule has 2 aromatic rings. The summed E-state index contributed by atoms with van der Waals surface area (Å²) in [4.78, 5) is 19.1. The lowest BCUT2D eigenvalue weighted by molar-refractivity contribution is -0.190. The Morgan fingerprint density at radius 2 is 1.90 bits per heavy atom. The fourth-order valence-electron chi connectivity index (χ4n) is 4.73. The van der Waals surface area contributed by atoms with Crippen molar-refractivity contribution in [2.45, 2.75) is 57.3 Å². The van der Waals surface area contributed by atoms with Crippen LogP contribution in [0.2, 0.25) is 0 Å². The SMILES string of the molecule is CCOc1ccc(C(=O)N2CCC3(CC2)C[C@@H](OCC)C[C@@H](c2ccccc2)O3)nc1. The van der Waals surface area contributed by atoms with Crippen molar-refractivity contribution in [3.8, 4) is 5.75 Å². The minimum Gasteiger partial charge on any atom is -0.492 e. The van der Waals surface area contributed by atoms with E-state index in [9.17, 15) is 4.79 Å². The van der Waals surface area contributed by atoms with Crippen molar-refractivity contribution < 1.29 is 19.0 Å². The molecule has 6 heteroatoms. The van der Waals surface area contributed by atoms with Gasteiger partial charge in [-0.1, -0.05) is 30.3 Å². The van der Waals surface area contributed by atoms with Crippen LogP contribution < -0.4 is 4.74 Å². The third kappa shape index (κ3) is 5.08. The second-order valence-corrected chi connectivity index (χ2v) is 8.32. The first kappa shape index (κ1) is 21.8. The van der Waals surface area contributed by atoms with Crippen LogP contribution in [-0.2, 0) is 9.47 Å². The zero-order valence-corrected chi connectivity index (χ0v) is 18.5. The molecule has 166 valence electrons. The molecule has 31 heavy (non-hydrogen) atoms. The lowest BCUT2D eigenvalue weighted by Crippen LogP contribution is -2.52. The van der Waals surface area contributed by atoms with Crippen LogP contribution in [0, 0.1) is 0 Å². The van der Waals surface area contributed by atoms with Gasteiger partial charge in [-0.3, -0.25) is 4.79 Å². The van der Waals surface area contributed by atoms with Crippen molar-refractivity contribution in [3.05, 3.63) is 59.9 Å². The predicted octanol–water partition coefficient (Wildman–Crippen LogP) is 4.41. The van der Waals surface area contributed by atoms with E-state index in [2.05, 4.69) is 29.2 Å². The van der Waals surface area contributed by atoms with E-state index in [0.29, 0.717) is 37.7 Å². The Bertz CT molecular complexity index is 848. The number of amides is 1. The Balaban J connectivity index is 1.43. The van der Waals surface area contributed by atoms with Crippen LogP contribution >= 0.6 is 0 Å². The van der Waals surface area contributed by atoms with Crippen molar-refractivity contribution in [2.24, 2.45) is 0 Å². The summed E-state index contributed by atoms with van der Waals surface area (Å²) in [6.07, 6.45) is 5.20. The molecule has 1 spiro atoms. The molecule has 2 aliphatic rings. The number of benzene rings is 1. The number of carbonyl (C=O) groups is 1. The summed E-state index contributed by atoms with van der Waals surface area (Å²) in [5.74, 6) is 0.649. The lowest BCUT2D eigenvalue weighted by atomic mass is 9.80. The van der Waals surface area contributed by atoms with E-state index in [1.165, 1.54) is 5.56 Å². The molecule has 0 bridgehead atoms. The molecule has 1 amide bonds. The van der Waals surface area contributed by atoms with Gasteiger partial charge < -0.3 is 19.1 Å². The van der Waals surface area contributed by atoms with Crippen molar-refractivity contribution in [1.29, 1.82) is 0 Å². The average Bonchev–Trinajstić information content (AvgIpc) is 2.80. The smallest absolute Gasteiger partial charge is 0.272 e. The molecule has 0 unspecified atom stereocenters. The molecule has 4 rings (SSSR count). The molecule has 0 N–H and O–H groups in total. The van der Waals surface area contributed by atoms with E-state index in [1.54, 1.807) is 18.3 Å². The maximum Gasteiger partial charge on any atom is 0.272 e. The van der Waals surface area contributed by atoms with Gasteiger partial charge in [-0.25, -0.2) is 4.98 Å². The van der Waals surface area contributed by atoms with Crippen LogP contribution in [0.3, 0.4) is 0 Å². The lowest BCUT2D eigenvalue weighted by Gasteiger charge is -2.48. The molecule has 2 atom stereocenters. The van der Waals surface area contributed by atoms with E-state index in [0.717, 1.165) is 25.7 Å². The largest absolute Gasteiger partial charge is 0.492 e. The zero-order chi connectivity index (χ0) is 21.7. The van der Waals surface area contributed by atoms with Crippen LogP contribution in [0.15, 0.2) is 48.7 Å². The molecular formula is C25H32N2O4. The van der Waals surface area contributed by atoms with Crippen molar-refractivity contribution in [3.63, 3.8) is 0 Å². The van der Waals surface area contributed by atoms with Gasteiger partial charge in [0, 0.05) is 32.5 Å². The number of ether oxygens (including phenoxy) is 3. The Hall–Kier alpha value is -2.44. The van der Waals surface area contributed by atoms with Crippen molar-refractivity contribution >= 4 is 5.91 Å². The number of likely N-dealkylation sites (tertiary alicyclic amines) is 1. The third-order valence-corrected chi connectivity index (χ3v) is 6.27. The van der Waals surface area contributed by atoms with E-state index in [-0.39, 0.29) is 23.7 Å². The number of rotatable bonds is 6. The molecule has 1 aromatic heterocycles. The van der Waals surface area contributed by atoms with Gasteiger partial charge in [-0.15, -0.1) is 0 Å². The molecule has 6 nitrogen and oxygen atoms in total. The number of aromatic nitrogens is 1. The number of piperidine rings is 1. The molecule has 0 aliphatic carbocycles. The quantitative estimate of drug-likeness (QED) is 0.687. The first-order chi connectivity index (χ1) is 15.1. The van der Waals surface area contributed by atoms with E-state index < -0.39 is 0 Å². The maximum atomic E-state index is 12.9. The summed E-state index contributed by atoms with van der Waals surface area (Å²) < 4.78 is 18.2. The number of hydrogen-bond donors (Lipinski definition) is 0. The molecule has 0 radical (unpaired) electrons. The Morgan fingerprint density at radius 1 is 1.13 bits per heavy atom. The van der Waals surface area contributed by atoms with Gasteiger partial charge in [0.05, 0.1) is 30.6 Å². The van der Waals surface area contributed by atoms with Gasteiger partial charge in [-0.05, 0) is 44.4 Å². The van der Waals surface area contributed by atoms with Gasteiger partial charge >= 0.3 is 0 Å². The summed E-state index contributed by atoms with van der Waals surface area (Å²) in [7, 11) is 0. The highest BCUT2D eigenvalue weighted by atomic mass is 16.5. The van der Waals surface area contributed by atoms with Gasteiger partial charge in [0.15, 0.2) is 0 Å². The third-order valence-electron chi connectivity index (χ3n) is 6.27. The predicted molar refractivity (Wildman–Crippen MR) is 118 cm³/mol. The second-order valence-electron chi connectivity index (χ2n) is 8.32. The molecule has 2 fully saturated rings. The number of carbonyl (C=O) groups excluding carboxylic acids is 1. The first-order valence-corrected chi connectivity index (χ1v) is 11.3. The summed E-state index contributed by atoms with van der Waals surface area (Å²) >= 11 is 0. The summed E-state index contributed by atoms with van der Waals surface area (Å²) in [6, 6.07) is 13.9. The number of pyridine rings is 1. The van der Waals surface area contributed by atoms with Gasteiger partial charge in [0.1, 0.15) is 11.4 Å². The fourth-order valence-corrected chi connectivity index (χ4v) is 4.73. The highest BCUT2D eigenvalue weighted by Crippen LogP contribution is 2.44. The van der Waals surface area contributed by atoms with Crippen LogP contribution in [0.5, 0.6) is 5.75 Å². The van der Waals surface area contributed by atoms with Crippen LogP contribution in [0.4, 0.5) is 0 Å². The monoisotopic (exact) mass is 424 g/mol. The molecular weight excluding hydrogens is 392 g/mol. The Kier molecular flexibility index (Phi) is 6.88. The fraction of sp³-hybridized carbons (Fsp3) is 0.520. The van der Waals surface area contributed by atoms with Crippen molar-refractivity contribution in [2.75, 3.05) is 26.3 Å². The standard InChI is InChI=1S/C25H32N2O4/c1-3-29-20-10-11-22(26-18-20)24(28)27-14-12-25(13-15-27)17-21(30-4-2)16-23(31-25)19-8-6-5-7-9-19/h5-11,18,21,23H,3-4,12-17H2,1-2H3/t21-,23-/m0/s1. The summed E-state index contributed by atoms with van der Waals surface area (Å²) in [5.41, 5.74) is 1.41. The summed E-state index contributed by atoms with van der Waals surface area (Å²) in [5, 5.41) is 0.